The van der Waals surface area contributed by atoms with Gasteiger partial charge in [0.25, 0.3) is 0 Å². The van der Waals surface area contributed by atoms with Crippen molar-refractivity contribution in [2.75, 3.05) is 0 Å². The molecule has 5 rings (SSSR count). The molecule has 0 radical (unpaired) electrons. The van der Waals surface area contributed by atoms with Gasteiger partial charge in [-0.15, -0.1) is 0 Å². The lowest BCUT2D eigenvalue weighted by atomic mass is 9.92. The molecule has 4 aromatic rings. The van der Waals surface area contributed by atoms with Crippen LogP contribution >= 0.6 is 0 Å². The van der Waals surface area contributed by atoms with E-state index in [1.54, 1.807) is 0 Å². The highest BCUT2D eigenvalue weighted by Crippen LogP contribution is 2.27. The Balaban J connectivity index is 1.13. The van der Waals surface area contributed by atoms with Crippen LogP contribution in [0.15, 0.2) is 79.1 Å². The lowest BCUT2D eigenvalue weighted by Crippen LogP contribution is -2.25. The van der Waals surface area contributed by atoms with E-state index in [4.69, 9.17) is 0 Å². The zero-order valence-corrected chi connectivity index (χ0v) is 17.7. The van der Waals surface area contributed by atoms with Gasteiger partial charge in [-0.1, -0.05) is 54.6 Å². The maximum atomic E-state index is 4.63. The minimum atomic E-state index is 0.362. The highest BCUT2D eigenvalue weighted by Gasteiger charge is 2.20. The molecule has 0 fully saturated rings. The first-order valence-corrected chi connectivity index (χ1v) is 11.1. The molecule has 0 aliphatic heterocycles. The quantitative estimate of drug-likeness (QED) is 0.447. The third-order valence-corrected chi connectivity index (χ3v) is 6.09. The van der Waals surface area contributed by atoms with Crippen LogP contribution in [0, 0.1) is 0 Å². The van der Waals surface area contributed by atoms with E-state index in [1.807, 2.05) is 24.5 Å². The summed E-state index contributed by atoms with van der Waals surface area (Å²) < 4.78 is 0. The fraction of sp³-hybridized carbons (Fsp3) is 0.259. The largest absolute Gasteiger partial charge is 0.307 e. The Morgan fingerprint density at radius 3 is 2.48 bits per heavy atom. The summed E-state index contributed by atoms with van der Waals surface area (Å²) in [5.74, 6) is 0. The van der Waals surface area contributed by atoms with Crippen molar-refractivity contribution in [2.45, 2.75) is 44.9 Å². The molecule has 2 N–H and O–H groups in total. The molecule has 1 aliphatic rings. The molecule has 156 valence electrons. The van der Waals surface area contributed by atoms with Crippen LogP contribution in [0.2, 0.25) is 0 Å². The first-order valence-electron chi connectivity index (χ1n) is 11.1. The Kier molecular flexibility index (Phi) is 6.01. The molecule has 1 atom stereocenters. The van der Waals surface area contributed by atoms with E-state index < -0.39 is 0 Å². The molecular formula is C27H28N4. The third-order valence-electron chi connectivity index (χ3n) is 6.09. The number of rotatable bonds is 7. The number of hydrogen-bond donors (Lipinski definition) is 2. The summed E-state index contributed by atoms with van der Waals surface area (Å²) in [5.41, 5.74) is 6.29. The summed E-state index contributed by atoms with van der Waals surface area (Å²) in [6.45, 7) is 2.47. The molecule has 0 bridgehead atoms. The zero-order valence-electron chi connectivity index (χ0n) is 17.7. The smallest absolute Gasteiger partial charge is 0.0605 e. The second kappa shape index (κ2) is 9.38. The molecular weight excluding hydrogens is 380 g/mol. The molecule has 0 saturated heterocycles. The summed E-state index contributed by atoms with van der Waals surface area (Å²) in [6, 6.07) is 24.0. The highest BCUT2D eigenvalue weighted by molar-refractivity contribution is 5.81. The highest BCUT2D eigenvalue weighted by atomic mass is 14.9. The predicted octanol–water partition coefficient (Wildman–Crippen LogP) is 5.09. The van der Waals surface area contributed by atoms with Crippen LogP contribution in [0.25, 0.3) is 10.8 Å². The van der Waals surface area contributed by atoms with E-state index in [0.29, 0.717) is 6.04 Å². The SMILES string of the molecule is c1cnc2c(c1)CCCC2NCc1ccc(CNCc2cc3ccccc3cn2)cc1. The van der Waals surface area contributed by atoms with E-state index in [1.165, 1.54) is 39.6 Å². The fourth-order valence-corrected chi connectivity index (χ4v) is 4.38. The molecule has 0 saturated carbocycles. The normalized spacial score (nSPS) is 15.7. The van der Waals surface area contributed by atoms with Crippen LogP contribution in [0.4, 0.5) is 0 Å². The second-order valence-electron chi connectivity index (χ2n) is 8.32. The first kappa shape index (κ1) is 19.9. The van der Waals surface area contributed by atoms with Crippen molar-refractivity contribution in [3.05, 3.63) is 107 Å². The number of hydrogen-bond acceptors (Lipinski definition) is 4. The van der Waals surface area contributed by atoms with Crippen LogP contribution in [0.1, 0.15) is 47.0 Å². The van der Waals surface area contributed by atoms with Crippen molar-refractivity contribution in [1.82, 2.24) is 20.6 Å². The summed E-state index contributed by atoms with van der Waals surface area (Å²) in [4.78, 5) is 9.19. The number of aromatic nitrogens is 2. The van der Waals surface area contributed by atoms with E-state index >= 15 is 0 Å². The number of aryl methyl sites for hydroxylation is 1. The fourth-order valence-electron chi connectivity index (χ4n) is 4.38. The number of pyridine rings is 2. The molecule has 2 heterocycles. The number of nitrogens with zero attached hydrogens (tertiary/aromatic N) is 2. The van der Waals surface area contributed by atoms with Crippen LogP contribution in [0.5, 0.6) is 0 Å². The van der Waals surface area contributed by atoms with Crippen molar-refractivity contribution in [2.24, 2.45) is 0 Å². The average Bonchev–Trinajstić information content (AvgIpc) is 2.83. The molecule has 4 heteroatoms. The van der Waals surface area contributed by atoms with Gasteiger partial charge >= 0.3 is 0 Å². The van der Waals surface area contributed by atoms with Crippen molar-refractivity contribution in [3.63, 3.8) is 0 Å². The number of benzene rings is 2. The van der Waals surface area contributed by atoms with Gasteiger partial charge < -0.3 is 10.6 Å². The summed E-state index contributed by atoms with van der Waals surface area (Å²) >= 11 is 0. The van der Waals surface area contributed by atoms with Crippen molar-refractivity contribution in [1.29, 1.82) is 0 Å². The molecule has 1 unspecified atom stereocenters. The Hall–Kier alpha value is -3.08. The van der Waals surface area contributed by atoms with Gasteiger partial charge in [0.15, 0.2) is 0 Å². The first-order chi connectivity index (χ1) is 15.3. The van der Waals surface area contributed by atoms with Gasteiger partial charge in [0.1, 0.15) is 0 Å². The number of fused-ring (bicyclic) bond motifs is 2. The number of nitrogens with one attached hydrogen (secondary N) is 2. The van der Waals surface area contributed by atoms with Crippen LogP contribution in [0.3, 0.4) is 0 Å². The monoisotopic (exact) mass is 408 g/mol. The van der Waals surface area contributed by atoms with Crippen molar-refractivity contribution in [3.8, 4) is 0 Å². The third kappa shape index (κ3) is 4.82. The Morgan fingerprint density at radius 2 is 1.61 bits per heavy atom. The van der Waals surface area contributed by atoms with E-state index in [-0.39, 0.29) is 0 Å². The van der Waals surface area contributed by atoms with Crippen LogP contribution < -0.4 is 10.6 Å². The van der Waals surface area contributed by atoms with Crippen LogP contribution in [-0.4, -0.2) is 9.97 Å². The van der Waals surface area contributed by atoms with Gasteiger partial charge in [-0.05, 0) is 53.5 Å². The van der Waals surface area contributed by atoms with Crippen molar-refractivity contribution >= 4 is 10.8 Å². The van der Waals surface area contributed by atoms with E-state index in [2.05, 4.69) is 75.2 Å². The van der Waals surface area contributed by atoms with E-state index in [9.17, 15) is 0 Å². The summed E-state index contributed by atoms with van der Waals surface area (Å²) in [7, 11) is 0. The Morgan fingerprint density at radius 1 is 0.806 bits per heavy atom. The summed E-state index contributed by atoms with van der Waals surface area (Å²) in [6.07, 6.45) is 7.40. The lowest BCUT2D eigenvalue weighted by Gasteiger charge is -2.25. The van der Waals surface area contributed by atoms with Gasteiger partial charge in [0.2, 0.25) is 0 Å². The molecule has 4 nitrogen and oxygen atoms in total. The Labute approximate surface area is 183 Å². The molecule has 0 amide bonds. The van der Waals surface area contributed by atoms with Gasteiger partial charge in [-0.3, -0.25) is 9.97 Å². The van der Waals surface area contributed by atoms with Crippen molar-refractivity contribution < 1.29 is 0 Å². The maximum absolute atomic E-state index is 4.63. The van der Waals surface area contributed by atoms with Gasteiger partial charge in [-0.25, -0.2) is 0 Å². The lowest BCUT2D eigenvalue weighted by molar-refractivity contribution is 0.447. The molecule has 2 aromatic carbocycles. The maximum Gasteiger partial charge on any atom is 0.0605 e. The van der Waals surface area contributed by atoms with Gasteiger partial charge in [0.05, 0.1) is 17.4 Å². The predicted molar refractivity (Wildman–Crippen MR) is 125 cm³/mol. The topological polar surface area (TPSA) is 49.8 Å². The average molecular weight is 409 g/mol. The minimum absolute atomic E-state index is 0.362. The molecule has 0 spiro atoms. The molecule has 2 aromatic heterocycles. The van der Waals surface area contributed by atoms with Gasteiger partial charge in [0, 0.05) is 37.4 Å². The zero-order chi connectivity index (χ0) is 20.9. The molecule has 31 heavy (non-hydrogen) atoms. The standard InChI is InChI=1S/C27H28N4/c1-2-6-24-18-30-25(15-23(24)5-1)19-28-16-20-10-12-21(13-11-20)17-31-26-9-3-7-22-8-4-14-29-27(22)26/h1-2,4-6,8,10-15,18,26,28,31H,3,7,9,16-17,19H2. The second-order valence-corrected chi connectivity index (χ2v) is 8.32. The van der Waals surface area contributed by atoms with Gasteiger partial charge in [-0.2, -0.15) is 0 Å². The van der Waals surface area contributed by atoms with E-state index in [0.717, 1.165) is 38.2 Å². The summed E-state index contributed by atoms with van der Waals surface area (Å²) in [5, 5.41) is 9.64. The Bertz CT molecular complexity index is 1150. The van der Waals surface area contributed by atoms with Crippen LogP contribution in [-0.2, 0) is 26.1 Å². The minimum Gasteiger partial charge on any atom is -0.307 e. The molecule has 1 aliphatic carbocycles.